The van der Waals surface area contributed by atoms with Gasteiger partial charge in [0.25, 0.3) is 0 Å². The lowest BCUT2D eigenvalue weighted by atomic mass is 10.1. The highest BCUT2D eigenvalue weighted by Crippen LogP contribution is 2.27. The van der Waals surface area contributed by atoms with Crippen molar-refractivity contribution >= 4 is 11.8 Å². The van der Waals surface area contributed by atoms with Crippen molar-refractivity contribution in [1.29, 1.82) is 0 Å². The second-order valence-corrected chi connectivity index (χ2v) is 4.91. The fourth-order valence-electron chi connectivity index (χ4n) is 2.09. The van der Waals surface area contributed by atoms with E-state index < -0.39 is 24.2 Å². The van der Waals surface area contributed by atoms with Crippen molar-refractivity contribution in [2.24, 2.45) is 0 Å². The molecule has 0 unspecified atom stereocenters. The number of carbonyl (C=O) groups is 2. The van der Waals surface area contributed by atoms with E-state index in [0.717, 1.165) is 6.07 Å². The van der Waals surface area contributed by atoms with Crippen LogP contribution in [0, 0.1) is 5.82 Å². The Morgan fingerprint density at radius 2 is 1.64 bits per heavy atom. The molecule has 0 spiro atoms. The Labute approximate surface area is 144 Å². The Kier molecular flexibility index (Phi) is 5.94. The van der Waals surface area contributed by atoms with Gasteiger partial charge in [-0.2, -0.15) is 0 Å². The van der Waals surface area contributed by atoms with E-state index in [1.165, 1.54) is 45.6 Å². The van der Waals surface area contributed by atoms with Crippen LogP contribution in [0.2, 0.25) is 0 Å². The monoisotopic (exact) mass is 348 g/mol. The van der Waals surface area contributed by atoms with Gasteiger partial charge < -0.3 is 18.9 Å². The second-order valence-electron chi connectivity index (χ2n) is 4.91. The van der Waals surface area contributed by atoms with Gasteiger partial charge in [-0.3, -0.25) is 4.79 Å². The highest BCUT2D eigenvalue weighted by molar-refractivity contribution is 5.99. The number of ketones is 1. The van der Waals surface area contributed by atoms with Crippen LogP contribution in [0.3, 0.4) is 0 Å². The van der Waals surface area contributed by atoms with Gasteiger partial charge in [0.15, 0.2) is 23.9 Å². The van der Waals surface area contributed by atoms with Gasteiger partial charge in [0, 0.05) is 11.6 Å². The van der Waals surface area contributed by atoms with Gasteiger partial charge in [0.1, 0.15) is 11.6 Å². The van der Waals surface area contributed by atoms with E-state index in [2.05, 4.69) is 0 Å². The number of hydrogen-bond acceptors (Lipinski definition) is 6. The molecule has 0 aliphatic rings. The Morgan fingerprint density at radius 3 is 2.24 bits per heavy atom. The maximum absolute atomic E-state index is 13.8. The van der Waals surface area contributed by atoms with Crippen molar-refractivity contribution in [1.82, 2.24) is 0 Å². The van der Waals surface area contributed by atoms with Gasteiger partial charge in [-0.25, -0.2) is 9.18 Å². The summed E-state index contributed by atoms with van der Waals surface area (Å²) in [4.78, 5) is 24.1. The van der Waals surface area contributed by atoms with Crippen LogP contribution in [0.4, 0.5) is 4.39 Å². The molecule has 0 atom stereocenters. The summed E-state index contributed by atoms with van der Waals surface area (Å²) in [5, 5.41) is 0. The molecule has 0 fully saturated rings. The summed E-state index contributed by atoms with van der Waals surface area (Å²) in [6, 6.07) is 8.28. The fourth-order valence-corrected chi connectivity index (χ4v) is 2.09. The van der Waals surface area contributed by atoms with E-state index in [1.54, 1.807) is 6.07 Å². The van der Waals surface area contributed by atoms with Crippen molar-refractivity contribution < 1.29 is 32.9 Å². The molecule has 25 heavy (non-hydrogen) atoms. The number of hydrogen-bond donors (Lipinski definition) is 0. The molecule has 0 aliphatic heterocycles. The third-order valence-corrected chi connectivity index (χ3v) is 3.44. The molecule has 2 aromatic carbocycles. The lowest BCUT2D eigenvalue weighted by Gasteiger charge is -2.10. The molecule has 132 valence electrons. The molecule has 7 heteroatoms. The Bertz CT molecular complexity index is 787. The molecule has 2 aromatic rings. The van der Waals surface area contributed by atoms with Crippen LogP contribution in [-0.4, -0.2) is 39.7 Å². The van der Waals surface area contributed by atoms with Crippen molar-refractivity contribution in [3.8, 4) is 17.2 Å². The molecule has 0 bridgehead atoms. The molecule has 6 nitrogen and oxygen atoms in total. The number of carbonyl (C=O) groups excluding carboxylic acids is 2. The van der Waals surface area contributed by atoms with Crippen LogP contribution >= 0.6 is 0 Å². The molecule has 0 aliphatic carbocycles. The largest absolute Gasteiger partial charge is 0.497 e. The first-order valence-corrected chi connectivity index (χ1v) is 7.26. The number of methoxy groups -OCH3 is 3. The standard InChI is InChI=1S/C18H17FO6/c1-22-12-5-6-13(14(19)9-12)18(21)25-10-15(20)11-4-7-16(23-2)17(8-11)24-3/h4-9H,10H2,1-3H3. The number of benzene rings is 2. The summed E-state index contributed by atoms with van der Waals surface area (Å²) in [6.07, 6.45) is 0. The zero-order valence-electron chi connectivity index (χ0n) is 14.0. The van der Waals surface area contributed by atoms with E-state index in [9.17, 15) is 14.0 Å². The average Bonchev–Trinajstić information content (AvgIpc) is 2.64. The van der Waals surface area contributed by atoms with E-state index in [1.807, 2.05) is 0 Å². The predicted molar refractivity (Wildman–Crippen MR) is 87.1 cm³/mol. The highest BCUT2D eigenvalue weighted by atomic mass is 19.1. The number of rotatable bonds is 7. The molecule has 2 rings (SSSR count). The molecular formula is C18H17FO6. The lowest BCUT2D eigenvalue weighted by molar-refractivity contribution is 0.0470. The minimum absolute atomic E-state index is 0.274. The molecular weight excluding hydrogens is 331 g/mol. The lowest BCUT2D eigenvalue weighted by Crippen LogP contribution is -2.15. The van der Waals surface area contributed by atoms with Gasteiger partial charge >= 0.3 is 5.97 Å². The molecule has 0 saturated carbocycles. The van der Waals surface area contributed by atoms with Crippen molar-refractivity contribution in [3.63, 3.8) is 0 Å². The van der Waals surface area contributed by atoms with Gasteiger partial charge in [0.2, 0.25) is 0 Å². The summed E-state index contributed by atoms with van der Waals surface area (Å²) in [7, 11) is 4.30. The number of Topliss-reactive ketones (excluding diaryl/α,β-unsaturated/α-hetero) is 1. The van der Waals surface area contributed by atoms with Crippen LogP contribution in [0.5, 0.6) is 17.2 Å². The SMILES string of the molecule is COc1ccc(C(=O)OCC(=O)c2ccc(OC)c(OC)c2)c(F)c1. The summed E-state index contributed by atoms with van der Waals surface area (Å²) in [5.74, 6) is -1.06. The van der Waals surface area contributed by atoms with Crippen molar-refractivity contribution in [2.45, 2.75) is 0 Å². The first-order chi connectivity index (χ1) is 12.0. The van der Waals surface area contributed by atoms with Crippen LogP contribution in [0.25, 0.3) is 0 Å². The average molecular weight is 348 g/mol. The molecule has 0 heterocycles. The Hall–Kier alpha value is -3.09. The van der Waals surface area contributed by atoms with E-state index in [4.69, 9.17) is 18.9 Å². The van der Waals surface area contributed by atoms with Crippen LogP contribution in [-0.2, 0) is 4.74 Å². The molecule has 0 saturated heterocycles. The highest BCUT2D eigenvalue weighted by Gasteiger charge is 2.17. The van der Waals surface area contributed by atoms with Crippen molar-refractivity contribution in [2.75, 3.05) is 27.9 Å². The first-order valence-electron chi connectivity index (χ1n) is 7.26. The van der Waals surface area contributed by atoms with E-state index >= 15 is 0 Å². The van der Waals surface area contributed by atoms with Crippen LogP contribution in [0.15, 0.2) is 36.4 Å². The second kappa shape index (κ2) is 8.14. The summed E-state index contributed by atoms with van der Waals surface area (Å²) < 4.78 is 33.8. The normalized spacial score (nSPS) is 10.1. The van der Waals surface area contributed by atoms with Gasteiger partial charge in [-0.1, -0.05) is 0 Å². The van der Waals surface area contributed by atoms with E-state index in [0.29, 0.717) is 11.5 Å². The molecule has 0 radical (unpaired) electrons. The van der Waals surface area contributed by atoms with Gasteiger partial charge in [-0.15, -0.1) is 0 Å². The molecule has 0 amide bonds. The van der Waals surface area contributed by atoms with Crippen molar-refractivity contribution in [3.05, 3.63) is 53.3 Å². The number of halogens is 1. The summed E-state index contributed by atoms with van der Waals surface area (Å²) >= 11 is 0. The fraction of sp³-hybridized carbons (Fsp3) is 0.222. The quantitative estimate of drug-likeness (QED) is 0.566. The predicted octanol–water partition coefficient (Wildman–Crippen LogP) is 2.89. The maximum Gasteiger partial charge on any atom is 0.341 e. The van der Waals surface area contributed by atoms with Crippen LogP contribution < -0.4 is 14.2 Å². The zero-order chi connectivity index (χ0) is 18.4. The zero-order valence-corrected chi connectivity index (χ0v) is 14.0. The number of esters is 1. The third-order valence-electron chi connectivity index (χ3n) is 3.44. The van der Waals surface area contributed by atoms with E-state index in [-0.39, 0.29) is 16.9 Å². The minimum Gasteiger partial charge on any atom is -0.497 e. The van der Waals surface area contributed by atoms with Gasteiger partial charge in [0.05, 0.1) is 26.9 Å². The minimum atomic E-state index is -0.936. The summed E-state index contributed by atoms with van der Waals surface area (Å²) in [5.41, 5.74) is 0.00145. The third kappa shape index (κ3) is 4.26. The number of ether oxygens (including phenoxy) is 4. The summed E-state index contributed by atoms with van der Waals surface area (Å²) in [6.45, 7) is -0.528. The molecule has 0 aromatic heterocycles. The Balaban J connectivity index is 2.05. The first kappa shape index (κ1) is 18.3. The molecule has 0 N–H and O–H groups in total. The Morgan fingerprint density at radius 1 is 0.920 bits per heavy atom. The smallest absolute Gasteiger partial charge is 0.341 e. The van der Waals surface area contributed by atoms with Gasteiger partial charge in [-0.05, 0) is 30.3 Å². The van der Waals surface area contributed by atoms with Crippen LogP contribution in [0.1, 0.15) is 20.7 Å². The maximum atomic E-state index is 13.8. The topological polar surface area (TPSA) is 71.1 Å².